The maximum atomic E-state index is 13.9. The first kappa shape index (κ1) is 14.5. The molecule has 0 radical (unpaired) electrons. The second-order valence-corrected chi connectivity index (χ2v) is 4.98. The average molecular weight is 288 g/mol. The van der Waals surface area contributed by atoms with Crippen molar-refractivity contribution in [1.82, 2.24) is 9.97 Å². The molecule has 0 aliphatic rings. The average Bonchev–Trinajstić information content (AvgIpc) is 2.44. The van der Waals surface area contributed by atoms with E-state index < -0.39 is 0 Å². The molecule has 0 aliphatic carbocycles. The third kappa shape index (κ3) is 4.05. The van der Waals surface area contributed by atoms with Gasteiger partial charge in [-0.2, -0.15) is 0 Å². The highest BCUT2D eigenvalue weighted by atomic mass is 32.2. The van der Waals surface area contributed by atoms with Crippen molar-refractivity contribution in [3.63, 3.8) is 0 Å². The number of hydrogen-bond donors (Lipinski definition) is 1. The minimum Gasteiger partial charge on any atom is -0.384 e. The zero-order valence-corrected chi connectivity index (χ0v) is 11.7. The number of aliphatic hydroxyl groups is 1. The summed E-state index contributed by atoms with van der Waals surface area (Å²) < 4.78 is 13.9. The van der Waals surface area contributed by atoms with Crippen LogP contribution in [0.15, 0.2) is 35.6 Å². The number of aryl methyl sites for hydroxylation is 1. The highest BCUT2D eigenvalue weighted by Gasteiger charge is 2.05. The van der Waals surface area contributed by atoms with E-state index in [9.17, 15) is 4.39 Å². The van der Waals surface area contributed by atoms with E-state index in [0.717, 1.165) is 5.69 Å². The van der Waals surface area contributed by atoms with Gasteiger partial charge in [0.25, 0.3) is 0 Å². The van der Waals surface area contributed by atoms with Gasteiger partial charge in [-0.1, -0.05) is 29.7 Å². The summed E-state index contributed by atoms with van der Waals surface area (Å²) >= 11 is 1.39. The molecular formula is C15H13FN2OS. The Hall–Kier alpha value is -1.90. The van der Waals surface area contributed by atoms with E-state index in [4.69, 9.17) is 5.11 Å². The molecule has 5 heteroatoms. The lowest BCUT2D eigenvalue weighted by Gasteiger charge is -2.03. The van der Waals surface area contributed by atoms with E-state index in [2.05, 4.69) is 21.8 Å². The summed E-state index contributed by atoms with van der Waals surface area (Å²) in [5.74, 6) is 5.31. The molecule has 0 amide bonds. The third-order valence-electron chi connectivity index (χ3n) is 2.49. The zero-order valence-electron chi connectivity index (χ0n) is 10.9. The van der Waals surface area contributed by atoms with E-state index in [0.29, 0.717) is 22.0 Å². The minimum absolute atomic E-state index is 0.232. The number of halogens is 1. The van der Waals surface area contributed by atoms with Crippen molar-refractivity contribution in [2.75, 3.05) is 6.61 Å². The van der Waals surface area contributed by atoms with E-state index in [1.807, 2.05) is 13.0 Å². The Morgan fingerprint density at radius 2 is 2.20 bits per heavy atom. The molecule has 0 aliphatic heterocycles. The molecule has 0 bridgehead atoms. The first-order valence-corrected chi connectivity index (χ1v) is 6.98. The molecule has 1 N–H and O–H groups in total. The third-order valence-corrected chi connectivity index (χ3v) is 3.40. The summed E-state index contributed by atoms with van der Waals surface area (Å²) in [7, 11) is 0. The molecule has 0 spiro atoms. The first-order valence-electron chi connectivity index (χ1n) is 5.99. The van der Waals surface area contributed by atoms with Crippen molar-refractivity contribution in [3.8, 4) is 11.8 Å². The summed E-state index contributed by atoms with van der Waals surface area (Å²) in [5, 5.41) is 9.23. The highest BCUT2D eigenvalue weighted by molar-refractivity contribution is 7.98. The number of hydrogen-bond acceptors (Lipinski definition) is 4. The molecule has 0 saturated heterocycles. The van der Waals surface area contributed by atoms with Gasteiger partial charge >= 0.3 is 0 Å². The van der Waals surface area contributed by atoms with Crippen LogP contribution in [0.2, 0.25) is 0 Å². The lowest BCUT2D eigenvalue weighted by atomic mass is 10.1. The van der Waals surface area contributed by atoms with Gasteiger partial charge in [0.05, 0.1) is 0 Å². The quantitative estimate of drug-likeness (QED) is 0.535. The van der Waals surface area contributed by atoms with Crippen molar-refractivity contribution in [2.45, 2.75) is 17.8 Å². The number of thioether (sulfide) groups is 1. The monoisotopic (exact) mass is 288 g/mol. The minimum atomic E-state index is -0.310. The second kappa shape index (κ2) is 7.04. The Morgan fingerprint density at radius 3 is 2.90 bits per heavy atom. The topological polar surface area (TPSA) is 46.0 Å². The van der Waals surface area contributed by atoms with Gasteiger partial charge in [-0.3, -0.25) is 0 Å². The van der Waals surface area contributed by atoms with Gasteiger partial charge in [0.15, 0.2) is 5.16 Å². The Balaban J connectivity index is 2.06. The second-order valence-electron chi connectivity index (χ2n) is 4.04. The van der Waals surface area contributed by atoms with Gasteiger partial charge in [0.2, 0.25) is 0 Å². The molecule has 1 heterocycles. The van der Waals surface area contributed by atoms with Crippen molar-refractivity contribution in [1.29, 1.82) is 0 Å². The molecule has 102 valence electrons. The molecule has 1 aromatic heterocycles. The molecule has 2 aromatic rings. The smallest absolute Gasteiger partial charge is 0.188 e. The molecule has 0 atom stereocenters. The fourth-order valence-corrected chi connectivity index (χ4v) is 2.38. The van der Waals surface area contributed by atoms with Crippen molar-refractivity contribution in [3.05, 3.63) is 53.1 Å². The largest absolute Gasteiger partial charge is 0.384 e. The van der Waals surface area contributed by atoms with Crippen LogP contribution in [0.25, 0.3) is 0 Å². The lowest BCUT2D eigenvalue weighted by molar-refractivity contribution is 0.350. The van der Waals surface area contributed by atoms with Crippen LogP contribution in [0.3, 0.4) is 0 Å². The Kier molecular flexibility index (Phi) is 5.10. The Morgan fingerprint density at radius 1 is 1.35 bits per heavy atom. The van der Waals surface area contributed by atoms with Crippen LogP contribution >= 0.6 is 11.8 Å². The van der Waals surface area contributed by atoms with Crippen LogP contribution in [-0.2, 0) is 5.75 Å². The van der Waals surface area contributed by atoms with Crippen LogP contribution in [0.5, 0.6) is 0 Å². The standard InChI is InChI=1S/C15H13FN2OS/c1-11-6-7-17-15(18-11)20-10-13-5-4-12(3-2-8-19)9-14(13)16/h4-7,9,19H,8,10H2,1H3. The van der Waals surface area contributed by atoms with Crippen LogP contribution < -0.4 is 0 Å². The van der Waals surface area contributed by atoms with Crippen molar-refractivity contribution < 1.29 is 9.50 Å². The van der Waals surface area contributed by atoms with Crippen molar-refractivity contribution in [2.24, 2.45) is 0 Å². The zero-order chi connectivity index (χ0) is 14.4. The van der Waals surface area contributed by atoms with Crippen molar-refractivity contribution >= 4 is 11.8 Å². The number of nitrogens with zero attached hydrogens (tertiary/aromatic N) is 2. The summed E-state index contributed by atoms with van der Waals surface area (Å²) in [6.45, 7) is 1.66. The lowest BCUT2D eigenvalue weighted by Crippen LogP contribution is -1.92. The molecular weight excluding hydrogens is 275 g/mol. The highest BCUT2D eigenvalue weighted by Crippen LogP contribution is 2.21. The molecule has 1 aromatic carbocycles. The first-order chi connectivity index (χ1) is 9.69. The van der Waals surface area contributed by atoms with E-state index in [1.54, 1.807) is 18.3 Å². The molecule has 0 fully saturated rings. The number of aromatic nitrogens is 2. The van der Waals surface area contributed by atoms with Gasteiger partial charge in [-0.05, 0) is 30.7 Å². The van der Waals surface area contributed by atoms with E-state index in [-0.39, 0.29) is 12.4 Å². The fourth-order valence-electron chi connectivity index (χ4n) is 1.52. The van der Waals surface area contributed by atoms with Gasteiger partial charge in [-0.15, -0.1) is 0 Å². The number of aliphatic hydroxyl groups excluding tert-OH is 1. The van der Waals surface area contributed by atoms with Gasteiger partial charge < -0.3 is 5.11 Å². The van der Waals surface area contributed by atoms with E-state index in [1.165, 1.54) is 17.8 Å². The van der Waals surface area contributed by atoms with Gasteiger partial charge in [0, 0.05) is 23.2 Å². The normalized spacial score (nSPS) is 9.95. The van der Waals surface area contributed by atoms with E-state index >= 15 is 0 Å². The summed E-state index contributed by atoms with van der Waals surface area (Å²) in [4.78, 5) is 8.38. The SMILES string of the molecule is Cc1ccnc(SCc2ccc(C#CCO)cc2F)n1. The van der Waals surface area contributed by atoms with Crippen LogP contribution in [0.4, 0.5) is 4.39 Å². The predicted octanol–water partition coefficient (Wildman–Crippen LogP) is 2.56. The molecule has 0 saturated carbocycles. The molecule has 0 unspecified atom stereocenters. The van der Waals surface area contributed by atoms with Crippen LogP contribution in [-0.4, -0.2) is 21.7 Å². The maximum Gasteiger partial charge on any atom is 0.188 e. The van der Waals surface area contributed by atoms with Gasteiger partial charge in [0.1, 0.15) is 12.4 Å². The van der Waals surface area contributed by atoms with Gasteiger partial charge in [-0.25, -0.2) is 14.4 Å². The summed E-state index contributed by atoms with van der Waals surface area (Å²) in [5.41, 5.74) is 2.02. The predicted molar refractivity (Wildman–Crippen MR) is 76.7 cm³/mol. The number of rotatable bonds is 3. The summed E-state index contributed by atoms with van der Waals surface area (Å²) in [6, 6.07) is 6.62. The maximum absolute atomic E-state index is 13.9. The molecule has 20 heavy (non-hydrogen) atoms. The van der Waals surface area contributed by atoms with Crippen LogP contribution in [0, 0.1) is 24.6 Å². The molecule has 3 nitrogen and oxygen atoms in total. The fraction of sp³-hybridized carbons (Fsp3) is 0.200. The molecule has 2 rings (SSSR count). The summed E-state index contributed by atoms with van der Waals surface area (Å²) in [6.07, 6.45) is 1.69. The Labute approximate surface area is 121 Å². The number of benzene rings is 1. The van der Waals surface area contributed by atoms with Crippen LogP contribution in [0.1, 0.15) is 16.8 Å². The Bertz CT molecular complexity index is 664.